The topological polar surface area (TPSA) is 66.3 Å². The van der Waals surface area contributed by atoms with Gasteiger partial charge in [0, 0.05) is 10.6 Å². The van der Waals surface area contributed by atoms with Crippen molar-refractivity contribution in [3.8, 4) is 0 Å². The van der Waals surface area contributed by atoms with Crippen LogP contribution in [0.5, 0.6) is 0 Å². The summed E-state index contributed by atoms with van der Waals surface area (Å²) in [6.07, 6.45) is 3.61. The molecule has 1 aromatic heterocycles. The maximum atomic E-state index is 11.5. The third kappa shape index (κ3) is 2.14. The number of aromatic nitrogens is 2. The fourth-order valence-electron chi connectivity index (χ4n) is 2.78. The third-order valence-corrected chi connectivity index (χ3v) is 5.99. The normalized spacial score (nSPS) is 25.0. The maximum Gasteiger partial charge on any atom is 0.321 e. The summed E-state index contributed by atoms with van der Waals surface area (Å²) in [4.78, 5) is 11.5. The van der Waals surface area contributed by atoms with Gasteiger partial charge in [0.25, 0.3) is 5.72 Å². The molecule has 5 nitrogen and oxygen atoms in total. The number of carboxylic acid groups (broad SMARTS) is 1. The van der Waals surface area contributed by atoms with E-state index in [9.17, 15) is 15.0 Å². The van der Waals surface area contributed by atoms with Gasteiger partial charge in [-0.25, -0.2) is 4.57 Å². The van der Waals surface area contributed by atoms with Gasteiger partial charge in [-0.2, -0.15) is 4.57 Å². The van der Waals surface area contributed by atoms with Gasteiger partial charge in [-0.1, -0.05) is 30.7 Å². The van der Waals surface area contributed by atoms with E-state index in [-0.39, 0.29) is 0 Å². The zero-order chi connectivity index (χ0) is 16.1. The summed E-state index contributed by atoms with van der Waals surface area (Å²) in [7, 11) is 1.87. The lowest BCUT2D eigenvalue weighted by molar-refractivity contribution is -0.709. The monoisotopic (exact) mass is 339 g/mol. The Labute approximate surface area is 137 Å². The molecule has 3 rings (SSSR count). The van der Waals surface area contributed by atoms with Crippen molar-refractivity contribution >= 4 is 29.3 Å². The number of rotatable bonds is 3. The quantitative estimate of drug-likeness (QED) is 0.838. The number of aryl methyl sites for hydroxylation is 1. The minimum Gasteiger partial charge on any atom is -0.481 e. The summed E-state index contributed by atoms with van der Waals surface area (Å²) in [6, 6.07) is 6.87. The first-order valence-corrected chi connectivity index (χ1v) is 8.06. The van der Waals surface area contributed by atoms with Gasteiger partial charge in [0.2, 0.25) is 0 Å². The smallest absolute Gasteiger partial charge is 0.321 e. The summed E-state index contributed by atoms with van der Waals surface area (Å²) in [6.45, 7) is 1.62. The predicted molar refractivity (Wildman–Crippen MR) is 82.8 cm³/mol. The molecular weight excluding hydrogens is 324 g/mol. The molecule has 7 heteroatoms. The van der Waals surface area contributed by atoms with Crippen LogP contribution in [0.1, 0.15) is 12.5 Å². The lowest BCUT2D eigenvalue weighted by atomic mass is 9.91. The number of nitrogens with zero attached hydrogens (tertiary/aromatic N) is 2. The van der Waals surface area contributed by atoms with Crippen molar-refractivity contribution in [3.63, 3.8) is 0 Å². The zero-order valence-electron chi connectivity index (χ0n) is 12.1. The fourth-order valence-corrected chi connectivity index (χ4v) is 4.40. The lowest BCUT2D eigenvalue weighted by Crippen LogP contribution is -2.45. The van der Waals surface area contributed by atoms with Gasteiger partial charge in [-0.15, -0.1) is 0 Å². The summed E-state index contributed by atoms with van der Waals surface area (Å²) in [5.74, 6) is -1.65. The third-order valence-electron chi connectivity index (χ3n) is 4.06. The number of hydrogen-bond acceptors (Lipinski definition) is 3. The molecule has 0 saturated heterocycles. The highest BCUT2D eigenvalue weighted by molar-refractivity contribution is 8.00. The Morgan fingerprint density at radius 2 is 2.09 bits per heavy atom. The van der Waals surface area contributed by atoms with Crippen molar-refractivity contribution in [2.75, 3.05) is 0 Å². The number of fused-ring (bicyclic) bond motifs is 1. The van der Waals surface area contributed by atoms with Crippen LogP contribution in [0.4, 0.5) is 0 Å². The number of thioether (sulfide) groups is 1. The van der Waals surface area contributed by atoms with E-state index in [0.29, 0.717) is 10.6 Å². The molecule has 0 radical (unpaired) electrons. The van der Waals surface area contributed by atoms with Crippen molar-refractivity contribution in [3.05, 3.63) is 47.2 Å². The van der Waals surface area contributed by atoms with Crippen molar-refractivity contribution in [1.29, 1.82) is 0 Å². The van der Waals surface area contributed by atoms with E-state index in [1.54, 1.807) is 42.0 Å². The van der Waals surface area contributed by atoms with Crippen LogP contribution in [-0.4, -0.2) is 26.0 Å². The van der Waals surface area contributed by atoms with E-state index < -0.39 is 22.9 Å². The van der Waals surface area contributed by atoms with Crippen LogP contribution in [0.3, 0.4) is 0 Å². The van der Waals surface area contributed by atoms with E-state index >= 15 is 0 Å². The SMILES string of the molecule is CC(C(=O)O)C1Sc2n(cc[n+]2C)C1(O)c1ccc(Cl)cc1. The Hall–Kier alpha value is -1.50. The molecular formula is C15H16ClN2O3S+. The highest BCUT2D eigenvalue weighted by Crippen LogP contribution is 2.48. The van der Waals surface area contributed by atoms with E-state index in [1.165, 1.54) is 11.8 Å². The molecule has 1 aliphatic rings. The summed E-state index contributed by atoms with van der Waals surface area (Å²) in [5.41, 5.74) is -0.804. The number of halogens is 1. The van der Waals surface area contributed by atoms with Crippen LogP contribution in [-0.2, 0) is 17.6 Å². The maximum absolute atomic E-state index is 11.5. The molecule has 0 aliphatic carbocycles. The molecule has 0 amide bonds. The van der Waals surface area contributed by atoms with Crippen molar-refractivity contribution < 1.29 is 19.6 Å². The number of aliphatic hydroxyl groups is 1. The van der Waals surface area contributed by atoms with Gasteiger partial charge in [0.05, 0.1) is 13.0 Å². The number of aliphatic carboxylic acids is 1. The van der Waals surface area contributed by atoms with Gasteiger partial charge in [0.1, 0.15) is 17.6 Å². The molecule has 0 bridgehead atoms. The second-order valence-corrected chi connectivity index (χ2v) is 7.01. The molecule has 0 fully saturated rings. The van der Waals surface area contributed by atoms with Crippen LogP contribution in [0.2, 0.25) is 5.02 Å². The molecule has 2 heterocycles. The van der Waals surface area contributed by atoms with Gasteiger partial charge >= 0.3 is 11.1 Å². The number of imidazole rings is 1. The molecule has 116 valence electrons. The van der Waals surface area contributed by atoms with Crippen LogP contribution in [0.25, 0.3) is 0 Å². The largest absolute Gasteiger partial charge is 0.481 e. The summed E-state index contributed by atoms with van der Waals surface area (Å²) in [5, 5.41) is 21.7. The van der Waals surface area contributed by atoms with Gasteiger partial charge in [-0.3, -0.25) is 4.79 Å². The molecule has 2 aromatic rings. The molecule has 3 atom stereocenters. The number of carboxylic acids is 1. The molecule has 3 unspecified atom stereocenters. The highest BCUT2D eigenvalue weighted by Gasteiger charge is 2.57. The van der Waals surface area contributed by atoms with E-state index in [1.807, 2.05) is 17.8 Å². The van der Waals surface area contributed by atoms with Crippen LogP contribution >= 0.6 is 23.4 Å². The Balaban J connectivity index is 2.17. The standard InChI is InChI=1S/C15H15ClN2O3S/c1-9(13(19)20)12-15(21,10-3-5-11(16)6-4-10)18-8-7-17(2)14(18)22-12/h3-9,12,21H,1-2H3/p+1. The first-order valence-electron chi connectivity index (χ1n) is 6.81. The second-order valence-electron chi connectivity index (χ2n) is 5.46. The average Bonchev–Trinajstić information content (AvgIpc) is 2.99. The van der Waals surface area contributed by atoms with Crippen LogP contribution < -0.4 is 4.57 Å². The lowest BCUT2D eigenvalue weighted by Gasteiger charge is -2.29. The van der Waals surface area contributed by atoms with Crippen molar-refractivity contribution in [1.82, 2.24) is 4.57 Å². The van der Waals surface area contributed by atoms with Crippen LogP contribution in [0.15, 0.2) is 41.8 Å². The van der Waals surface area contributed by atoms with E-state index in [0.717, 1.165) is 5.16 Å². The first kappa shape index (κ1) is 15.4. The Morgan fingerprint density at radius 1 is 1.45 bits per heavy atom. The molecule has 1 aromatic carbocycles. The second kappa shape index (κ2) is 5.30. The van der Waals surface area contributed by atoms with Crippen LogP contribution in [0, 0.1) is 5.92 Å². The average molecular weight is 340 g/mol. The Kier molecular flexibility index (Phi) is 3.71. The van der Waals surface area contributed by atoms with Gasteiger partial charge in [0.15, 0.2) is 0 Å². The Morgan fingerprint density at radius 3 is 2.68 bits per heavy atom. The first-order chi connectivity index (χ1) is 10.4. The van der Waals surface area contributed by atoms with Gasteiger partial charge in [-0.05, 0) is 23.9 Å². The predicted octanol–water partition coefficient (Wildman–Crippen LogP) is 1.85. The van der Waals surface area contributed by atoms with Crippen molar-refractivity contribution in [2.45, 2.75) is 23.1 Å². The zero-order valence-corrected chi connectivity index (χ0v) is 13.7. The van der Waals surface area contributed by atoms with E-state index in [2.05, 4.69) is 0 Å². The minimum absolute atomic E-state index is 0.534. The fraction of sp³-hybridized carbons (Fsp3) is 0.333. The molecule has 1 aliphatic heterocycles. The summed E-state index contributed by atoms with van der Waals surface area (Å²) < 4.78 is 3.60. The minimum atomic E-state index is -1.43. The molecule has 2 N–H and O–H groups in total. The molecule has 22 heavy (non-hydrogen) atoms. The number of benzene rings is 1. The molecule has 0 spiro atoms. The van der Waals surface area contributed by atoms with Crippen molar-refractivity contribution in [2.24, 2.45) is 13.0 Å². The number of hydrogen-bond donors (Lipinski definition) is 2. The van der Waals surface area contributed by atoms with E-state index in [4.69, 9.17) is 11.6 Å². The molecule has 0 saturated carbocycles. The summed E-state index contributed by atoms with van der Waals surface area (Å²) >= 11 is 7.30. The highest BCUT2D eigenvalue weighted by atomic mass is 35.5. The number of carbonyl (C=O) groups is 1. The Bertz CT molecular complexity index is 731. The van der Waals surface area contributed by atoms with Gasteiger partial charge < -0.3 is 10.2 Å².